The Morgan fingerprint density at radius 2 is 1.64 bits per heavy atom. The van der Waals surface area contributed by atoms with Gasteiger partial charge >= 0.3 is 0 Å². The van der Waals surface area contributed by atoms with Gasteiger partial charge in [0.05, 0.1) is 17.9 Å². The van der Waals surface area contributed by atoms with Gasteiger partial charge in [-0.1, -0.05) is 70.9 Å². The van der Waals surface area contributed by atoms with E-state index in [1.165, 1.54) is 24.8 Å². The topological polar surface area (TPSA) is 44.6 Å². The molecule has 0 saturated carbocycles. The number of aromatic nitrogens is 2. The van der Waals surface area contributed by atoms with Gasteiger partial charge in [-0.2, -0.15) is 5.10 Å². The van der Waals surface area contributed by atoms with Crippen molar-refractivity contribution < 1.29 is 4.79 Å². The number of aryl methyl sites for hydroxylation is 2. The summed E-state index contributed by atoms with van der Waals surface area (Å²) >= 11 is 0. The van der Waals surface area contributed by atoms with Crippen LogP contribution < -0.4 is 4.90 Å². The van der Waals surface area contributed by atoms with E-state index in [1.807, 2.05) is 23.1 Å². The van der Waals surface area contributed by atoms with Gasteiger partial charge in [-0.3, -0.25) is 4.79 Å². The van der Waals surface area contributed by atoms with E-state index in [1.54, 1.807) is 0 Å². The van der Waals surface area contributed by atoms with Gasteiger partial charge in [0.15, 0.2) is 0 Å². The SMILES string of the molecule is CCCCCc1ccc(C(=O)N(Cc2c(C)nn(-c3ccccc3)c2N2CCN(CC)CC2)CC(C)C)cc1. The number of nitrogens with zero attached hydrogens (tertiary/aromatic N) is 5. The van der Waals surface area contributed by atoms with Crippen LogP contribution in [0.2, 0.25) is 0 Å². The second kappa shape index (κ2) is 13.8. The molecular weight excluding hydrogens is 482 g/mol. The number of para-hydroxylation sites is 1. The lowest BCUT2D eigenvalue weighted by atomic mass is 10.0. The minimum Gasteiger partial charge on any atom is -0.354 e. The number of hydrogen-bond donors (Lipinski definition) is 0. The van der Waals surface area contributed by atoms with E-state index in [2.05, 4.69) is 85.5 Å². The van der Waals surface area contributed by atoms with E-state index in [9.17, 15) is 4.79 Å². The summed E-state index contributed by atoms with van der Waals surface area (Å²) in [5, 5.41) is 5.03. The first kappa shape index (κ1) is 28.9. The molecule has 2 heterocycles. The van der Waals surface area contributed by atoms with Crippen LogP contribution in [0.4, 0.5) is 5.82 Å². The van der Waals surface area contributed by atoms with Crippen molar-refractivity contribution >= 4 is 11.7 Å². The lowest BCUT2D eigenvalue weighted by molar-refractivity contribution is 0.0722. The molecule has 39 heavy (non-hydrogen) atoms. The molecule has 0 N–H and O–H groups in total. The Morgan fingerprint density at radius 3 is 2.26 bits per heavy atom. The monoisotopic (exact) mass is 529 g/mol. The van der Waals surface area contributed by atoms with Crippen molar-refractivity contribution in [2.45, 2.75) is 66.8 Å². The molecule has 0 radical (unpaired) electrons. The Morgan fingerprint density at radius 1 is 0.949 bits per heavy atom. The van der Waals surface area contributed by atoms with Crippen LogP contribution in [0, 0.1) is 12.8 Å². The molecule has 6 heteroatoms. The van der Waals surface area contributed by atoms with Crippen LogP contribution in [-0.2, 0) is 13.0 Å². The second-order valence-electron chi connectivity index (χ2n) is 11.3. The normalized spacial score (nSPS) is 14.3. The van der Waals surface area contributed by atoms with Crippen molar-refractivity contribution in [2.24, 2.45) is 5.92 Å². The van der Waals surface area contributed by atoms with E-state index >= 15 is 0 Å². The number of anilines is 1. The first-order chi connectivity index (χ1) is 18.9. The maximum atomic E-state index is 13.9. The average molecular weight is 530 g/mol. The fourth-order valence-electron chi connectivity index (χ4n) is 5.51. The standard InChI is InChI=1S/C33H47N5O/c1-6-8-10-13-28-16-18-29(19-17-28)33(39)37(24-26(3)4)25-31-27(5)34-38(30-14-11-9-12-15-30)32(31)36-22-20-35(7-2)21-23-36/h9,11-12,14-19,26H,6-8,10,13,20-25H2,1-5H3. The summed E-state index contributed by atoms with van der Waals surface area (Å²) in [5.74, 6) is 1.59. The largest absolute Gasteiger partial charge is 0.354 e. The van der Waals surface area contributed by atoms with E-state index < -0.39 is 0 Å². The highest BCUT2D eigenvalue weighted by molar-refractivity contribution is 5.94. The number of carbonyl (C=O) groups excluding carboxylic acids is 1. The summed E-state index contributed by atoms with van der Waals surface area (Å²) in [4.78, 5) is 20.9. The highest BCUT2D eigenvalue weighted by Gasteiger charge is 2.28. The Balaban J connectivity index is 1.65. The van der Waals surface area contributed by atoms with E-state index in [-0.39, 0.29) is 5.91 Å². The van der Waals surface area contributed by atoms with Crippen LogP contribution in [0.3, 0.4) is 0 Å². The van der Waals surface area contributed by atoms with Gasteiger partial charge in [0.25, 0.3) is 5.91 Å². The van der Waals surface area contributed by atoms with Gasteiger partial charge in [0.1, 0.15) is 5.82 Å². The molecule has 1 aliphatic rings. The summed E-state index contributed by atoms with van der Waals surface area (Å²) in [6.07, 6.45) is 4.74. The van der Waals surface area contributed by atoms with Crippen molar-refractivity contribution in [1.82, 2.24) is 19.6 Å². The zero-order valence-electron chi connectivity index (χ0n) is 24.7. The molecule has 0 spiro atoms. The Bertz CT molecular complexity index is 1180. The average Bonchev–Trinajstić information content (AvgIpc) is 3.28. The molecule has 2 aromatic carbocycles. The fraction of sp³-hybridized carbons (Fsp3) is 0.515. The number of benzene rings is 2. The molecule has 1 aromatic heterocycles. The minimum absolute atomic E-state index is 0.0948. The summed E-state index contributed by atoms with van der Waals surface area (Å²) in [5.41, 5.74) is 5.26. The summed E-state index contributed by atoms with van der Waals surface area (Å²) in [6, 6.07) is 18.7. The van der Waals surface area contributed by atoms with Gasteiger partial charge in [-0.15, -0.1) is 0 Å². The van der Waals surface area contributed by atoms with E-state index in [0.717, 1.165) is 67.5 Å². The van der Waals surface area contributed by atoms with Crippen LogP contribution in [-0.4, -0.2) is 64.8 Å². The number of hydrogen-bond acceptors (Lipinski definition) is 4. The van der Waals surface area contributed by atoms with Crippen molar-refractivity contribution in [3.8, 4) is 5.69 Å². The predicted molar refractivity (Wildman–Crippen MR) is 162 cm³/mol. The first-order valence-corrected chi connectivity index (χ1v) is 14.9. The molecular formula is C33H47N5O. The number of likely N-dealkylation sites (N-methyl/N-ethyl adjacent to an activating group) is 1. The quantitative estimate of drug-likeness (QED) is 0.256. The Hall–Kier alpha value is -3.12. The molecule has 0 bridgehead atoms. The Labute approximate surface area is 235 Å². The zero-order chi connectivity index (χ0) is 27.8. The summed E-state index contributed by atoms with van der Waals surface area (Å²) in [6.45, 7) is 17.2. The third-order valence-corrected chi connectivity index (χ3v) is 7.77. The maximum Gasteiger partial charge on any atom is 0.254 e. The third kappa shape index (κ3) is 7.30. The van der Waals surface area contributed by atoms with Crippen molar-refractivity contribution in [1.29, 1.82) is 0 Å². The molecule has 0 unspecified atom stereocenters. The first-order valence-electron chi connectivity index (χ1n) is 14.9. The van der Waals surface area contributed by atoms with Crippen molar-refractivity contribution in [3.63, 3.8) is 0 Å². The fourth-order valence-corrected chi connectivity index (χ4v) is 5.51. The minimum atomic E-state index is 0.0948. The van der Waals surface area contributed by atoms with E-state index in [4.69, 9.17) is 5.10 Å². The predicted octanol–water partition coefficient (Wildman–Crippen LogP) is 6.35. The molecule has 0 aliphatic carbocycles. The Kier molecular flexibility index (Phi) is 10.2. The highest BCUT2D eigenvalue weighted by atomic mass is 16.2. The van der Waals surface area contributed by atoms with Gasteiger partial charge in [-0.05, 0) is 62.1 Å². The van der Waals surface area contributed by atoms with Gasteiger partial charge in [0.2, 0.25) is 0 Å². The molecule has 6 nitrogen and oxygen atoms in total. The lowest BCUT2D eigenvalue weighted by Gasteiger charge is -2.36. The smallest absolute Gasteiger partial charge is 0.254 e. The van der Waals surface area contributed by atoms with Gasteiger partial charge < -0.3 is 14.7 Å². The number of carbonyl (C=O) groups is 1. The molecule has 210 valence electrons. The molecule has 1 amide bonds. The number of amides is 1. The van der Waals surface area contributed by atoms with Gasteiger partial charge in [-0.25, -0.2) is 4.68 Å². The van der Waals surface area contributed by atoms with Crippen LogP contribution in [0.15, 0.2) is 54.6 Å². The zero-order valence-corrected chi connectivity index (χ0v) is 24.7. The number of unbranched alkanes of at least 4 members (excludes halogenated alkanes) is 2. The number of piperazine rings is 1. The molecule has 1 aliphatic heterocycles. The molecule has 1 saturated heterocycles. The van der Waals surface area contributed by atoms with Gasteiger partial charge in [0, 0.05) is 43.9 Å². The van der Waals surface area contributed by atoms with Crippen LogP contribution in [0.25, 0.3) is 5.69 Å². The molecule has 3 aromatic rings. The third-order valence-electron chi connectivity index (χ3n) is 7.77. The van der Waals surface area contributed by atoms with Crippen molar-refractivity contribution in [2.75, 3.05) is 44.2 Å². The van der Waals surface area contributed by atoms with Crippen molar-refractivity contribution in [3.05, 3.63) is 77.0 Å². The van der Waals surface area contributed by atoms with Crippen LogP contribution >= 0.6 is 0 Å². The van der Waals surface area contributed by atoms with Crippen LogP contribution in [0.1, 0.15) is 74.1 Å². The second-order valence-corrected chi connectivity index (χ2v) is 11.3. The summed E-state index contributed by atoms with van der Waals surface area (Å²) in [7, 11) is 0. The maximum absolute atomic E-state index is 13.9. The molecule has 0 atom stereocenters. The highest BCUT2D eigenvalue weighted by Crippen LogP contribution is 2.30. The lowest BCUT2D eigenvalue weighted by Crippen LogP contribution is -2.47. The van der Waals surface area contributed by atoms with E-state index in [0.29, 0.717) is 19.0 Å². The number of rotatable bonds is 12. The summed E-state index contributed by atoms with van der Waals surface area (Å²) < 4.78 is 2.09. The molecule has 4 rings (SSSR count). The van der Waals surface area contributed by atoms with Crippen LogP contribution in [0.5, 0.6) is 0 Å². The molecule has 1 fully saturated rings.